The number of nitrogens with one attached hydrogen (secondary N) is 1. The normalized spacial score (nSPS) is 21.1. The molecule has 1 N–H and O–H groups in total. The number of hydrogen-bond acceptors (Lipinski definition) is 6. The van der Waals surface area contributed by atoms with E-state index in [1.807, 2.05) is 16.7 Å². The second-order valence-electron chi connectivity index (χ2n) is 8.42. The van der Waals surface area contributed by atoms with Gasteiger partial charge in [0.05, 0.1) is 24.7 Å². The van der Waals surface area contributed by atoms with Gasteiger partial charge in [-0.3, -0.25) is 14.5 Å². The van der Waals surface area contributed by atoms with Crippen LogP contribution in [-0.2, 0) is 24.3 Å². The van der Waals surface area contributed by atoms with Crippen LogP contribution in [0, 0.1) is 12.8 Å². The summed E-state index contributed by atoms with van der Waals surface area (Å²) in [5.74, 6) is 0.280. The number of sulfonamides is 1. The summed E-state index contributed by atoms with van der Waals surface area (Å²) < 4.78 is 32.5. The Kier molecular flexibility index (Phi) is 6.61. The lowest BCUT2D eigenvalue weighted by Crippen LogP contribution is -2.50. The van der Waals surface area contributed by atoms with E-state index >= 15 is 0 Å². The highest BCUT2D eigenvalue weighted by atomic mass is 32.2. The van der Waals surface area contributed by atoms with Crippen molar-refractivity contribution < 1.29 is 22.7 Å². The lowest BCUT2D eigenvalue weighted by Gasteiger charge is -2.34. The standard InChI is InChI=1S/C21H30N4O5S/c1-16-2-5-18(31(28,29)25-10-12-30-13-11-25)14-19(16)22-20(26)15-23-6-8-24(9-7-23)21(27)17-3-4-17/h2,5,14,17H,3-4,6-13,15H2,1H3,(H,22,26). The molecular weight excluding hydrogens is 420 g/mol. The fourth-order valence-electron chi connectivity index (χ4n) is 3.94. The molecule has 2 aliphatic heterocycles. The molecule has 3 fully saturated rings. The number of amides is 2. The molecule has 0 radical (unpaired) electrons. The molecule has 0 aromatic heterocycles. The van der Waals surface area contributed by atoms with Gasteiger partial charge in [-0.1, -0.05) is 6.07 Å². The number of piperazine rings is 1. The molecule has 10 heteroatoms. The maximum atomic E-state index is 12.9. The summed E-state index contributed by atoms with van der Waals surface area (Å²) >= 11 is 0. The van der Waals surface area contributed by atoms with Gasteiger partial charge in [-0.05, 0) is 37.5 Å². The van der Waals surface area contributed by atoms with Gasteiger partial charge in [0.1, 0.15) is 0 Å². The molecule has 2 amide bonds. The van der Waals surface area contributed by atoms with E-state index in [0.29, 0.717) is 58.2 Å². The Morgan fingerprint density at radius 1 is 1.06 bits per heavy atom. The summed E-state index contributed by atoms with van der Waals surface area (Å²) in [7, 11) is -3.63. The Bertz CT molecular complexity index is 933. The Hall–Kier alpha value is -2.01. The van der Waals surface area contributed by atoms with Gasteiger partial charge in [0.25, 0.3) is 0 Å². The highest BCUT2D eigenvalue weighted by molar-refractivity contribution is 7.89. The monoisotopic (exact) mass is 450 g/mol. The molecule has 2 saturated heterocycles. The van der Waals surface area contributed by atoms with E-state index in [-0.39, 0.29) is 29.2 Å². The van der Waals surface area contributed by atoms with Crippen molar-refractivity contribution in [3.63, 3.8) is 0 Å². The quantitative estimate of drug-likeness (QED) is 0.678. The van der Waals surface area contributed by atoms with E-state index in [0.717, 1.165) is 18.4 Å². The third-order valence-electron chi connectivity index (χ3n) is 6.07. The Balaban J connectivity index is 1.35. The molecule has 31 heavy (non-hydrogen) atoms. The van der Waals surface area contributed by atoms with Gasteiger partial charge in [0, 0.05) is 50.9 Å². The lowest BCUT2D eigenvalue weighted by molar-refractivity contribution is -0.134. The van der Waals surface area contributed by atoms with Gasteiger partial charge in [-0.15, -0.1) is 0 Å². The molecule has 2 heterocycles. The summed E-state index contributed by atoms with van der Waals surface area (Å²) in [6.07, 6.45) is 2.00. The maximum absolute atomic E-state index is 12.9. The number of rotatable bonds is 6. The molecule has 1 saturated carbocycles. The van der Waals surface area contributed by atoms with E-state index < -0.39 is 10.0 Å². The number of nitrogens with zero attached hydrogens (tertiary/aromatic N) is 3. The predicted octanol–water partition coefficient (Wildman–Crippen LogP) is 0.509. The largest absolute Gasteiger partial charge is 0.379 e. The smallest absolute Gasteiger partial charge is 0.243 e. The van der Waals surface area contributed by atoms with Crippen molar-refractivity contribution in [2.45, 2.75) is 24.7 Å². The number of carbonyl (C=O) groups is 2. The summed E-state index contributed by atoms with van der Waals surface area (Å²) in [6, 6.07) is 4.82. The van der Waals surface area contributed by atoms with Crippen LogP contribution in [0.3, 0.4) is 0 Å². The third-order valence-corrected chi connectivity index (χ3v) is 7.96. The number of morpholine rings is 1. The Labute approximate surface area is 183 Å². The van der Waals surface area contributed by atoms with E-state index in [1.165, 1.54) is 10.4 Å². The molecule has 1 aromatic rings. The lowest BCUT2D eigenvalue weighted by atomic mass is 10.2. The molecule has 1 aliphatic carbocycles. The van der Waals surface area contributed by atoms with Crippen LogP contribution in [0.5, 0.6) is 0 Å². The number of aryl methyl sites for hydroxylation is 1. The molecule has 4 rings (SSSR count). The summed E-state index contributed by atoms with van der Waals surface area (Å²) in [5, 5.41) is 2.87. The molecule has 0 atom stereocenters. The minimum absolute atomic E-state index is 0.169. The SMILES string of the molecule is Cc1ccc(S(=O)(=O)N2CCOCC2)cc1NC(=O)CN1CCN(C(=O)C2CC2)CC1. The first-order valence-corrected chi connectivity index (χ1v) is 12.3. The number of benzene rings is 1. The molecule has 0 bridgehead atoms. The highest BCUT2D eigenvalue weighted by Crippen LogP contribution is 2.31. The van der Waals surface area contributed by atoms with Crippen LogP contribution in [0.25, 0.3) is 0 Å². The van der Waals surface area contributed by atoms with E-state index in [2.05, 4.69) is 5.32 Å². The zero-order chi connectivity index (χ0) is 22.0. The van der Waals surface area contributed by atoms with Crippen molar-refractivity contribution in [2.24, 2.45) is 5.92 Å². The fourth-order valence-corrected chi connectivity index (χ4v) is 5.37. The van der Waals surface area contributed by atoms with Crippen LogP contribution >= 0.6 is 0 Å². The average Bonchev–Trinajstić information content (AvgIpc) is 3.61. The van der Waals surface area contributed by atoms with Crippen LogP contribution in [0.15, 0.2) is 23.1 Å². The minimum Gasteiger partial charge on any atom is -0.379 e. The second-order valence-corrected chi connectivity index (χ2v) is 10.4. The van der Waals surface area contributed by atoms with Gasteiger partial charge in [0.2, 0.25) is 21.8 Å². The van der Waals surface area contributed by atoms with E-state index in [1.54, 1.807) is 12.1 Å². The highest BCUT2D eigenvalue weighted by Gasteiger charge is 2.34. The molecular formula is C21H30N4O5S. The van der Waals surface area contributed by atoms with Gasteiger partial charge in [-0.25, -0.2) is 8.42 Å². The third kappa shape index (κ3) is 5.25. The molecule has 0 unspecified atom stereocenters. The van der Waals surface area contributed by atoms with Crippen molar-refractivity contribution in [1.29, 1.82) is 0 Å². The van der Waals surface area contributed by atoms with Gasteiger partial charge in [-0.2, -0.15) is 4.31 Å². The van der Waals surface area contributed by atoms with Crippen LogP contribution in [0.4, 0.5) is 5.69 Å². The number of ether oxygens (including phenoxy) is 1. The van der Waals surface area contributed by atoms with Gasteiger partial charge >= 0.3 is 0 Å². The van der Waals surface area contributed by atoms with Crippen molar-refractivity contribution in [1.82, 2.24) is 14.1 Å². The second kappa shape index (κ2) is 9.23. The van der Waals surface area contributed by atoms with Crippen molar-refractivity contribution in [2.75, 3.05) is 64.3 Å². The van der Waals surface area contributed by atoms with Crippen LogP contribution < -0.4 is 5.32 Å². The van der Waals surface area contributed by atoms with Crippen molar-refractivity contribution in [3.05, 3.63) is 23.8 Å². The first-order chi connectivity index (χ1) is 14.8. The van der Waals surface area contributed by atoms with E-state index in [4.69, 9.17) is 4.74 Å². The van der Waals surface area contributed by atoms with Gasteiger partial charge in [0.15, 0.2) is 0 Å². The van der Waals surface area contributed by atoms with Crippen LogP contribution in [-0.4, -0.2) is 93.4 Å². The first kappa shape index (κ1) is 22.2. The molecule has 170 valence electrons. The van der Waals surface area contributed by atoms with Crippen LogP contribution in [0.1, 0.15) is 18.4 Å². The Morgan fingerprint density at radius 3 is 2.39 bits per heavy atom. The number of carbonyl (C=O) groups excluding carboxylic acids is 2. The first-order valence-electron chi connectivity index (χ1n) is 10.8. The predicted molar refractivity (Wildman–Crippen MR) is 115 cm³/mol. The van der Waals surface area contributed by atoms with Crippen molar-refractivity contribution in [3.8, 4) is 0 Å². The molecule has 9 nitrogen and oxygen atoms in total. The fraction of sp³-hybridized carbons (Fsp3) is 0.619. The number of anilines is 1. The van der Waals surface area contributed by atoms with Crippen molar-refractivity contribution >= 4 is 27.5 Å². The van der Waals surface area contributed by atoms with Crippen LogP contribution in [0.2, 0.25) is 0 Å². The zero-order valence-corrected chi connectivity index (χ0v) is 18.7. The molecule has 3 aliphatic rings. The Morgan fingerprint density at radius 2 is 1.74 bits per heavy atom. The minimum atomic E-state index is -3.63. The zero-order valence-electron chi connectivity index (χ0n) is 17.9. The molecule has 0 spiro atoms. The van der Waals surface area contributed by atoms with E-state index in [9.17, 15) is 18.0 Å². The summed E-state index contributed by atoms with van der Waals surface area (Å²) in [5.41, 5.74) is 1.30. The van der Waals surface area contributed by atoms with Gasteiger partial charge < -0.3 is 15.0 Å². The topological polar surface area (TPSA) is 99.3 Å². The molecule has 1 aromatic carbocycles. The average molecular weight is 451 g/mol. The number of hydrogen-bond donors (Lipinski definition) is 1. The summed E-state index contributed by atoms with van der Waals surface area (Å²) in [6.45, 7) is 6.09. The maximum Gasteiger partial charge on any atom is 0.243 e. The summed E-state index contributed by atoms with van der Waals surface area (Å²) in [4.78, 5) is 28.9.